The Labute approximate surface area is 119 Å². The Bertz CT molecular complexity index is 440. The van der Waals surface area contributed by atoms with E-state index in [2.05, 4.69) is 47.7 Å². The molecule has 0 aliphatic carbocycles. The van der Waals surface area contributed by atoms with Gasteiger partial charge in [-0.2, -0.15) is 0 Å². The molecule has 0 amide bonds. The predicted octanol–water partition coefficient (Wildman–Crippen LogP) is 1.07. The number of nitrogens with zero attached hydrogens (tertiary/aromatic N) is 4. The summed E-state index contributed by atoms with van der Waals surface area (Å²) in [5, 5.41) is 11.6. The lowest BCUT2D eigenvalue weighted by Gasteiger charge is -2.30. The molecule has 0 aromatic carbocycles. The van der Waals surface area contributed by atoms with E-state index in [0.717, 1.165) is 6.54 Å². The number of nitrogens with two attached hydrogens (primary N) is 1. The summed E-state index contributed by atoms with van der Waals surface area (Å²) in [4.78, 5) is 10.4. The average molecular weight is 281 g/mol. The fraction of sp³-hybridized carbons (Fsp3) is 0.615. The molecule has 0 fully saturated rings. The summed E-state index contributed by atoms with van der Waals surface area (Å²) in [6.45, 7) is 9.80. The number of hydrogen-bond acceptors (Lipinski definition) is 6. The molecule has 1 heterocycles. The van der Waals surface area contributed by atoms with Gasteiger partial charge in [-0.15, -0.1) is 0 Å². The minimum Gasteiger partial charge on any atom is -0.475 e. The third-order valence-electron chi connectivity index (χ3n) is 2.93. The fourth-order valence-electron chi connectivity index (χ4n) is 2.01. The summed E-state index contributed by atoms with van der Waals surface area (Å²) in [5.41, 5.74) is 5.78. The number of ether oxygens (including phenoxy) is 1. The topological polar surface area (TPSA) is 96.9 Å². The first-order chi connectivity index (χ1) is 9.47. The van der Waals surface area contributed by atoms with Crippen LogP contribution in [-0.4, -0.2) is 51.1 Å². The van der Waals surface area contributed by atoms with Gasteiger partial charge in [-0.05, 0) is 27.7 Å². The number of rotatable bonds is 7. The Morgan fingerprint density at radius 3 is 2.45 bits per heavy atom. The van der Waals surface area contributed by atoms with E-state index in [1.807, 2.05) is 0 Å². The predicted molar refractivity (Wildman–Crippen MR) is 77.0 cm³/mol. The van der Waals surface area contributed by atoms with Gasteiger partial charge in [-0.3, -0.25) is 4.90 Å². The van der Waals surface area contributed by atoms with Gasteiger partial charge in [0.1, 0.15) is 6.61 Å². The second kappa shape index (κ2) is 7.64. The van der Waals surface area contributed by atoms with E-state index in [4.69, 9.17) is 15.7 Å². The summed E-state index contributed by atoms with van der Waals surface area (Å²) in [6, 6.07) is 0.869. The average Bonchev–Trinajstić information content (AvgIpc) is 2.42. The van der Waals surface area contributed by atoms with Gasteiger partial charge in [0.2, 0.25) is 5.88 Å². The molecule has 112 valence electrons. The minimum absolute atomic E-state index is 0.113. The Morgan fingerprint density at radius 1 is 1.30 bits per heavy atom. The van der Waals surface area contributed by atoms with E-state index >= 15 is 0 Å². The molecule has 0 saturated carbocycles. The molecular weight excluding hydrogens is 258 g/mol. The molecule has 1 rings (SSSR count). The normalized spacial score (nSPS) is 12.4. The standard InChI is InChI=1S/C13H23N5O2/c1-9(2)18(10(3)4)7-8-20-13-11(12(14)17-19)15-5-6-16-13/h5-6,9-10,19H,7-8H2,1-4H3,(H2,14,17). The van der Waals surface area contributed by atoms with Crippen molar-refractivity contribution in [2.45, 2.75) is 39.8 Å². The lowest BCUT2D eigenvalue weighted by Crippen LogP contribution is -2.39. The van der Waals surface area contributed by atoms with E-state index in [1.54, 1.807) is 0 Å². The van der Waals surface area contributed by atoms with Crippen LogP contribution in [0.3, 0.4) is 0 Å². The Balaban J connectivity index is 2.67. The van der Waals surface area contributed by atoms with Crippen LogP contribution >= 0.6 is 0 Å². The molecule has 0 atom stereocenters. The summed E-state index contributed by atoms with van der Waals surface area (Å²) in [5.74, 6) is 0.160. The molecule has 7 heteroatoms. The van der Waals surface area contributed by atoms with Crippen molar-refractivity contribution in [2.75, 3.05) is 13.2 Å². The summed E-state index contributed by atoms with van der Waals surface area (Å²) in [7, 11) is 0. The molecule has 20 heavy (non-hydrogen) atoms. The molecular formula is C13H23N5O2. The summed E-state index contributed by atoms with van der Waals surface area (Å²) < 4.78 is 5.60. The monoisotopic (exact) mass is 281 g/mol. The maximum Gasteiger partial charge on any atom is 0.244 e. The second-order valence-electron chi connectivity index (χ2n) is 4.97. The van der Waals surface area contributed by atoms with Crippen molar-refractivity contribution >= 4 is 5.84 Å². The van der Waals surface area contributed by atoms with Crippen LogP contribution < -0.4 is 10.5 Å². The first-order valence-electron chi connectivity index (χ1n) is 6.64. The number of oxime groups is 1. The van der Waals surface area contributed by atoms with Gasteiger partial charge in [0.05, 0.1) is 0 Å². The first-order valence-corrected chi connectivity index (χ1v) is 6.64. The first kappa shape index (κ1) is 16.2. The van der Waals surface area contributed by atoms with Crippen LogP contribution in [0.15, 0.2) is 17.5 Å². The smallest absolute Gasteiger partial charge is 0.244 e. The molecule has 0 bridgehead atoms. The highest BCUT2D eigenvalue weighted by Gasteiger charge is 2.15. The summed E-state index contributed by atoms with van der Waals surface area (Å²) in [6.07, 6.45) is 2.97. The highest BCUT2D eigenvalue weighted by atomic mass is 16.5. The van der Waals surface area contributed by atoms with E-state index in [1.165, 1.54) is 12.4 Å². The highest BCUT2D eigenvalue weighted by molar-refractivity contribution is 5.97. The van der Waals surface area contributed by atoms with Crippen molar-refractivity contribution in [1.29, 1.82) is 0 Å². The Kier molecular flexibility index (Phi) is 6.17. The molecule has 0 unspecified atom stereocenters. The molecule has 1 aromatic heterocycles. The third kappa shape index (κ3) is 4.34. The van der Waals surface area contributed by atoms with Crippen molar-refractivity contribution in [1.82, 2.24) is 14.9 Å². The third-order valence-corrected chi connectivity index (χ3v) is 2.93. The zero-order valence-electron chi connectivity index (χ0n) is 12.4. The van der Waals surface area contributed by atoms with E-state index < -0.39 is 0 Å². The maximum absolute atomic E-state index is 8.70. The molecule has 0 spiro atoms. The zero-order valence-corrected chi connectivity index (χ0v) is 12.4. The van der Waals surface area contributed by atoms with Gasteiger partial charge in [0.25, 0.3) is 0 Å². The van der Waals surface area contributed by atoms with Crippen molar-refractivity contribution in [2.24, 2.45) is 10.9 Å². The number of aromatic nitrogens is 2. The SMILES string of the molecule is CC(C)N(CCOc1nccnc1C(N)=NO)C(C)C. The van der Waals surface area contributed by atoms with Crippen LogP contribution in [0.4, 0.5) is 0 Å². The van der Waals surface area contributed by atoms with Crippen molar-refractivity contribution in [3.8, 4) is 5.88 Å². The molecule has 0 radical (unpaired) electrons. The van der Waals surface area contributed by atoms with Crippen molar-refractivity contribution < 1.29 is 9.94 Å². The maximum atomic E-state index is 8.70. The largest absolute Gasteiger partial charge is 0.475 e. The van der Waals surface area contributed by atoms with Gasteiger partial charge >= 0.3 is 0 Å². The Morgan fingerprint density at radius 2 is 1.90 bits per heavy atom. The Hall–Kier alpha value is -1.89. The minimum atomic E-state index is -0.113. The van der Waals surface area contributed by atoms with E-state index in [0.29, 0.717) is 18.7 Å². The molecule has 0 aliphatic rings. The molecule has 0 saturated heterocycles. The molecule has 7 nitrogen and oxygen atoms in total. The number of hydrogen-bond donors (Lipinski definition) is 2. The van der Waals surface area contributed by atoms with E-state index in [-0.39, 0.29) is 17.4 Å². The van der Waals surface area contributed by atoms with Crippen LogP contribution in [0.5, 0.6) is 5.88 Å². The fourth-order valence-corrected chi connectivity index (χ4v) is 2.01. The van der Waals surface area contributed by atoms with Crippen LogP contribution in [0.1, 0.15) is 33.4 Å². The lowest BCUT2D eigenvalue weighted by molar-refractivity contribution is 0.140. The summed E-state index contributed by atoms with van der Waals surface area (Å²) >= 11 is 0. The van der Waals surface area contributed by atoms with Gasteiger partial charge in [-0.25, -0.2) is 9.97 Å². The highest BCUT2D eigenvalue weighted by Crippen LogP contribution is 2.11. The van der Waals surface area contributed by atoms with Crippen LogP contribution in [0.25, 0.3) is 0 Å². The molecule has 0 aliphatic heterocycles. The molecule has 1 aromatic rings. The van der Waals surface area contributed by atoms with Gasteiger partial charge in [0, 0.05) is 31.0 Å². The zero-order chi connectivity index (χ0) is 15.1. The number of amidine groups is 1. The van der Waals surface area contributed by atoms with Crippen LogP contribution in [0, 0.1) is 0 Å². The van der Waals surface area contributed by atoms with Crippen molar-refractivity contribution in [3.63, 3.8) is 0 Å². The second-order valence-corrected chi connectivity index (χ2v) is 4.97. The van der Waals surface area contributed by atoms with Crippen LogP contribution in [0.2, 0.25) is 0 Å². The van der Waals surface area contributed by atoms with Gasteiger partial charge in [-0.1, -0.05) is 5.16 Å². The quantitative estimate of drug-likeness (QED) is 0.336. The van der Waals surface area contributed by atoms with Gasteiger partial charge < -0.3 is 15.7 Å². The van der Waals surface area contributed by atoms with E-state index in [9.17, 15) is 0 Å². The lowest BCUT2D eigenvalue weighted by atomic mass is 10.2. The van der Waals surface area contributed by atoms with Crippen molar-refractivity contribution in [3.05, 3.63) is 18.1 Å². The molecule has 3 N–H and O–H groups in total. The van der Waals surface area contributed by atoms with Gasteiger partial charge in [0.15, 0.2) is 11.5 Å². The van der Waals surface area contributed by atoms with Crippen LogP contribution in [-0.2, 0) is 0 Å².